The zero-order valence-corrected chi connectivity index (χ0v) is 11.0. The Hall–Kier alpha value is -2.57. The average Bonchev–Trinajstić information content (AvgIpc) is 2.42. The summed E-state index contributed by atoms with van der Waals surface area (Å²) in [6.45, 7) is 1.33. The molecule has 3 amide bonds. The molecule has 1 saturated heterocycles. The lowest BCUT2D eigenvalue weighted by atomic mass is 10.1. The first-order chi connectivity index (χ1) is 9.43. The van der Waals surface area contributed by atoms with Gasteiger partial charge >= 0.3 is 0 Å². The fourth-order valence-corrected chi connectivity index (χ4v) is 1.95. The number of aromatic hydroxyl groups is 1. The Morgan fingerprint density at radius 2 is 2.15 bits per heavy atom. The molecule has 7 heteroatoms. The topological polar surface area (TPSA) is 95.9 Å². The van der Waals surface area contributed by atoms with Crippen LogP contribution in [0.2, 0.25) is 0 Å². The fraction of sp³-hybridized carbons (Fsp3) is 0.308. The first-order valence-corrected chi connectivity index (χ1v) is 5.95. The van der Waals surface area contributed by atoms with Crippen LogP contribution in [-0.4, -0.2) is 47.4 Å². The smallest absolute Gasteiger partial charge is 0.255 e. The number of rotatable bonds is 2. The summed E-state index contributed by atoms with van der Waals surface area (Å²) >= 11 is 0. The number of phenols is 1. The highest BCUT2D eigenvalue weighted by molar-refractivity contribution is 6.07. The Labute approximate surface area is 115 Å². The summed E-state index contributed by atoms with van der Waals surface area (Å²) in [6, 6.07) is 3.40. The molecule has 0 aliphatic carbocycles. The zero-order valence-electron chi connectivity index (χ0n) is 11.0. The van der Waals surface area contributed by atoms with Crippen molar-refractivity contribution in [2.24, 2.45) is 0 Å². The van der Waals surface area contributed by atoms with Gasteiger partial charge in [-0.25, -0.2) is 0 Å². The standard InChI is InChI=1S/C13H14N2O5/c1-7-12(18)14-11(17)6-15(7)13(19)8-3-4-10(20-2)9(16)5-8/h3-5,7,16H,6H2,1-2H3,(H,14,17,18). The third-order valence-corrected chi connectivity index (χ3v) is 3.11. The molecule has 1 fully saturated rings. The van der Waals surface area contributed by atoms with Gasteiger partial charge in [-0.05, 0) is 25.1 Å². The summed E-state index contributed by atoms with van der Waals surface area (Å²) in [5.74, 6) is -1.49. The summed E-state index contributed by atoms with van der Waals surface area (Å²) in [5.41, 5.74) is 0.178. The lowest BCUT2D eigenvalue weighted by Gasteiger charge is -2.31. The normalized spacial score (nSPS) is 18.7. The number of phenolic OH excluding ortho intramolecular Hbond substituents is 1. The quantitative estimate of drug-likeness (QED) is 0.736. The molecule has 0 saturated carbocycles. The first-order valence-electron chi connectivity index (χ1n) is 5.95. The second-order valence-corrected chi connectivity index (χ2v) is 4.41. The molecule has 0 radical (unpaired) electrons. The number of imide groups is 1. The summed E-state index contributed by atoms with van der Waals surface area (Å²) in [6.07, 6.45) is 0. The molecule has 1 aromatic carbocycles. The van der Waals surface area contributed by atoms with Crippen molar-refractivity contribution in [1.29, 1.82) is 0 Å². The summed E-state index contributed by atoms with van der Waals surface area (Å²) in [4.78, 5) is 36.3. The Bertz CT molecular complexity index is 584. The summed E-state index contributed by atoms with van der Waals surface area (Å²) in [7, 11) is 1.40. The monoisotopic (exact) mass is 278 g/mol. The lowest BCUT2D eigenvalue weighted by molar-refractivity contribution is -0.138. The Kier molecular flexibility index (Phi) is 3.60. The van der Waals surface area contributed by atoms with E-state index in [1.165, 1.54) is 32.2 Å². The van der Waals surface area contributed by atoms with Crippen LogP contribution < -0.4 is 10.1 Å². The minimum Gasteiger partial charge on any atom is -0.504 e. The average molecular weight is 278 g/mol. The van der Waals surface area contributed by atoms with Gasteiger partial charge in [0.15, 0.2) is 11.5 Å². The van der Waals surface area contributed by atoms with E-state index in [1.807, 2.05) is 0 Å². The molecule has 0 bridgehead atoms. The van der Waals surface area contributed by atoms with Crippen molar-refractivity contribution < 1.29 is 24.2 Å². The van der Waals surface area contributed by atoms with E-state index in [-0.39, 0.29) is 23.6 Å². The highest BCUT2D eigenvalue weighted by Crippen LogP contribution is 2.27. The van der Waals surface area contributed by atoms with Crippen molar-refractivity contribution in [3.8, 4) is 11.5 Å². The molecule has 20 heavy (non-hydrogen) atoms. The zero-order chi connectivity index (χ0) is 14.9. The first kappa shape index (κ1) is 13.9. The molecule has 0 spiro atoms. The number of benzene rings is 1. The maximum atomic E-state index is 12.3. The molecule has 0 aromatic heterocycles. The van der Waals surface area contributed by atoms with Gasteiger partial charge in [-0.2, -0.15) is 0 Å². The highest BCUT2D eigenvalue weighted by atomic mass is 16.5. The molecule has 1 atom stereocenters. The number of amides is 3. The van der Waals surface area contributed by atoms with E-state index in [0.717, 1.165) is 4.90 Å². The van der Waals surface area contributed by atoms with Crippen LogP contribution in [0.3, 0.4) is 0 Å². The largest absolute Gasteiger partial charge is 0.504 e. The van der Waals surface area contributed by atoms with E-state index in [4.69, 9.17) is 4.74 Å². The second kappa shape index (κ2) is 5.20. The van der Waals surface area contributed by atoms with Gasteiger partial charge in [-0.3, -0.25) is 19.7 Å². The molecule has 106 valence electrons. The third-order valence-electron chi connectivity index (χ3n) is 3.11. The van der Waals surface area contributed by atoms with Gasteiger partial charge in [0.1, 0.15) is 12.6 Å². The second-order valence-electron chi connectivity index (χ2n) is 4.41. The van der Waals surface area contributed by atoms with Crippen molar-refractivity contribution in [2.75, 3.05) is 13.7 Å². The van der Waals surface area contributed by atoms with Gasteiger partial charge in [-0.1, -0.05) is 0 Å². The highest BCUT2D eigenvalue weighted by Gasteiger charge is 2.34. The van der Waals surface area contributed by atoms with Gasteiger partial charge in [-0.15, -0.1) is 0 Å². The van der Waals surface area contributed by atoms with Crippen LogP contribution in [0.1, 0.15) is 17.3 Å². The van der Waals surface area contributed by atoms with Gasteiger partial charge in [0.05, 0.1) is 7.11 Å². The number of hydrogen-bond donors (Lipinski definition) is 2. The molecule has 1 aliphatic heterocycles. The molecule has 1 heterocycles. The molecular formula is C13H14N2O5. The molecule has 1 aliphatic rings. The van der Waals surface area contributed by atoms with Crippen LogP contribution in [0, 0.1) is 0 Å². The van der Waals surface area contributed by atoms with E-state index < -0.39 is 23.8 Å². The van der Waals surface area contributed by atoms with Crippen molar-refractivity contribution in [2.45, 2.75) is 13.0 Å². The Morgan fingerprint density at radius 1 is 1.45 bits per heavy atom. The summed E-state index contributed by atoms with van der Waals surface area (Å²) in [5, 5.41) is 11.8. The minimum atomic E-state index is -0.746. The number of nitrogens with one attached hydrogen (secondary N) is 1. The predicted molar refractivity (Wildman–Crippen MR) is 68.3 cm³/mol. The van der Waals surface area contributed by atoms with Crippen molar-refractivity contribution in [1.82, 2.24) is 10.2 Å². The van der Waals surface area contributed by atoms with Gasteiger partial charge in [0.25, 0.3) is 5.91 Å². The van der Waals surface area contributed by atoms with Crippen LogP contribution in [0.15, 0.2) is 18.2 Å². The molecule has 1 unspecified atom stereocenters. The Balaban J connectivity index is 2.28. The van der Waals surface area contributed by atoms with Gasteiger partial charge in [0.2, 0.25) is 11.8 Å². The van der Waals surface area contributed by atoms with Crippen LogP contribution in [0.5, 0.6) is 11.5 Å². The maximum absolute atomic E-state index is 12.3. The van der Waals surface area contributed by atoms with E-state index in [1.54, 1.807) is 0 Å². The fourth-order valence-electron chi connectivity index (χ4n) is 1.95. The van der Waals surface area contributed by atoms with Crippen LogP contribution >= 0.6 is 0 Å². The van der Waals surface area contributed by atoms with Crippen molar-refractivity contribution >= 4 is 17.7 Å². The minimum absolute atomic E-state index is 0.178. The third kappa shape index (κ3) is 2.42. The van der Waals surface area contributed by atoms with Crippen LogP contribution in [0.25, 0.3) is 0 Å². The SMILES string of the molecule is COc1ccc(C(=O)N2CC(=O)NC(=O)C2C)cc1O. The maximum Gasteiger partial charge on any atom is 0.255 e. The van der Waals surface area contributed by atoms with Crippen LogP contribution in [0.4, 0.5) is 0 Å². The number of nitrogens with zero attached hydrogens (tertiary/aromatic N) is 1. The predicted octanol–water partition coefficient (Wildman–Crippen LogP) is -0.112. The van der Waals surface area contributed by atoms with Crippen LogP contribution in [-0.2, 0) is 9.59 Å². The molecule has 2 N–H and O–H groups in total. The van der Waals surface area contributed by atoms with E-state index in [0.29, 0.717) is 0 Å². The van der Waals surface area contributed by atoms with E-state index >= 15 is 0 Å². The van der Waals surface area contributed by atoms with Crippen molar-refractivity contribution in [3.63, 3.8) is 0 Å². The number of hydrogen-bond acceptors (Lipinski definition) is 5. The number of ether oxygens (including phenoxy) is 1. The van der Waals surface area contributed by atoms with E-state index in [2.05, 4.69) is 5.32 Å². The van der Waals surface area contributed by atoms with Gasteiger partial charge in [0, 0.05) is 5.56 Å². The van der Waals surface area contributed by atoms with Gasteiger partial charge < -0.3 is 14.7 Å². The number of carbonyl (C=O) groups is 3. The lowest BCUT2D eigenvalue weighted by Crippen LogP contribution is -2.58. The summed E-state index contributed by atoms with van der Waals surface area (Å²) < 4.78 is 4.89. The number of piperazine rings is 1. The molecular weight excluding hydrogens is 264 g/mol. The van der Waals surface area contributed by atoms with Crippen molar-refractivity contribution in [3.05, 3.63) is 23.8 Å². The molecule has 7 nitrogen and oxygen atoms in total. The Morgan fingerprint density at radius 3 is 2.75 bits per heavy atom. The molecule has 2 rings (SSSR count). The number of methoxy groups -OCH3 is 1. The van der Waals surface area contributed by atoms with E-state index in [9.17, 15) is 19.5 Å². The number of carbonyl (C=O) groups excluding carboxylic acids is 3. The molecule has 1 aromatic rings.